The molecule has 0 saturated heterocycles. The topological polar surface area (TPSA) is 70.2 Å². The van der Waals surface area contributed by atoms with E-state index in [1.807, 2.05) is 36.4 Å². The lowest BCUT2D eigenvalue weighted by Crippen LogP contribution is -2.41. The van der Waals surface area contributed by atoms with Crippen molar-refractivity contribution >= 4 is 40.9 Å². The van der Waals surface area contributed by atoms with Crippen LogP contribution in [0.2, 0.25) is 5.02 Å². The van der Waals surface area contributed by atoms with Gasteiger partial charge in [-0.2, -0.15) is 11.8 Å². The van der Waals surface area contributed by atoms with Gasteiger partial charge in [-0.1, -0.05) is 35.9 Å². The molecule has 2 aliphatic heterocycles. The van der Waals surface area contributed by atoms with Crippen molar-refractivity contribution in [3.05, 3.63) is 75.6 Å². The quantitative estimate of drug-likeness (QED) is 0.834. The zero-order valence-corrected chi connectivity index (χ0v) is 15.8. The van der Waals surface area contributed by atoms with Gasteiger partial charge in [0.1, 0.15) is 5.70 Å². The first kappa shape index (κ1) is 18.5. The van der Waals surface area contributed by atoms with Crippen molar-refractivity contribution in [1.29, 1.82) is 0 Å². The summed E-state index contributed by atoms with van der Waals surface area (Å²) in [6.07, 6.45) is 4.19. The zero-order chi connectivity index (χ0) is 17.4. The molecule has 2 aromatic carbocycles. The second kappa shape index (κ2) is 7.53. The van der Waals surface area contributed by atoms with Crippen LogP contribution in [-0.4, -0.2) is 34.0 Å². The Morgan fingerprint density at radius 1 is 1.12 bits per heavy atom. The van der Waals surface area contributed by atoms with E-state index in [0.717, 1.165) is 39.8 Å². The van der Waals surface area contributed by atoms with E-state index in [2.05, 4.69) is 34.9 Å². The monoisotopic (exact) mass is 389 g/mol. The molecule has 0 fully saturated rings. The number of hydrogen-bond donors (Lipinski definition) is 2. The molecule has 4 rings (SSSR count). The molecule has 136 valence electrons. The molecule has 0 aliphatic carbocycles. The summed E-state index contributed by atoms with van der Waals surface area (Å²) in [6.45, 7) is 0.828. The van der Waals surface area contributed by atoms with E-state index in [1.165, 1.54) is 0 Å². The van der Waals surface area contributed by atoms with Gasteiger partial charge in [0, 0.05) is 34.0 Å². The molecule has 0 saturated carbocycles. The van der Waals surface area contributed by atoms with Crippen LogP contribution in [-0.2, 0) is 0 Å². The summed E-state index contributed by atoms with van der Waals surface area (Å²) in [7, 11) is 0. The van der Waals surface area contributed by atoms with E-state index >= 15 is 0 Å². The molecule has 0 amide bonds. The highest BCUT2D eigenvalue weighted by atomic mass is 35.5. The van der Waals surface area contributed by atoms with Gasteiger partial charge in [-0.25, -0.2) is 5.01 Å². The zero-order valence-electron chi connectivity index (χ0n) is 14.2. The predicted molar refractivity (Wildman–Crippen MR) is 109 cm³/mol. The summed E-state index contributed by atoms with van der Waals surface area (Å²) in [6, 6.07) is 15.6. The van der Waals surface area contributed by atoms with Gasteiger partial charge in [-0.05, 0) is 30.5 Å². The maximum Gasteiger partial charge on any atom is 0.237 e. The smallest absolute Gasteiger partial charge is 0.237 e. The highest BCUT2D eigenvalue weighted by Gasteiger charge is 2.33. The Balaban J connectivity index is 0.00000196. The Labute approximate surface area is 161 Å². The number of thioether (sulfide) groups is 1. The molecule has 0 aromatic heterocycles. The van der Waals surface area contributed by atoms with Crippen LogP contribution in [0, 0.1) is 0 Å². The van der Waals surface area contributed by atoms with Crippen molar-refractivity contribution < 1.29 is 10.6 Å². The molecular formula is C19H20ClN3O2S. The summed E-state index contributed by atoms with van der Waals surface area (Å²) >= 11 is 7.78. The van der Waals surface area contributed by atoms with E-state index in [1.54, 1.807) is 16.8 Å². The first-order chi connectivity index (χ1) is 12.2. The molecule has 4 N–H and O–H groups in total. The minimum Gasteiger partial charge on any atom is -0.492 e. The van der Waals surface area contributed by atoms with Crippen molar-refractivity contribution in [3.8, 4) is 0 Å². The SMILES string of the molecule is CSCCN1C=c2ccccc2=C2NN(c3ccc(Cl)cc3)C(O)=C21.O. The number of hydrogen-bond acceptors (Lipinski definition) is 5. The van der Waals surface area contributed by atoms with Gasteiger partial charge in [0.25, 0.3) is 0 Å². The first-order valence-corrected chi connectivity index (χ1v) is 9.79. The highest BCUT2D eigenvalue weighted by Crippen LogP contribution is 2.31. The average molecular weight is 390 g/mol. The average Bonchev–Trinajstić information content (AvgIpc) is 2.98. The van der Waals surface area contributed by atoms with Gasteiger partial charge >= 0.3 is 0 Å². The van der Waals surface area contributed by atoms with Crippen molar-refractivity contribution in [2.75, 3.05) is 23.6 Å². The van der Waals surface area contributed by atoms with Crippen molar-refractivity contribution in [2.24, 2.45) is 0 Å². The van der Waals surface area contributed by atoms with Crippen LogP contribution in [0.1, 0.15) is 0 Å². The molecule has 2 aromatic rings. The number of hydrazine groups is 1. The highest BCUT2D eigenvalue weighted by molar-refractivity contribution is 7.98. The number of halogens is 1. The van der Waals surface area contributed by atoms with Crippen LogP contribution < -0.4 is 20.9 Å². The molecule has 2 aliphatic rings. The number of rotatable bonds is 4. The van der Waals surface area contributed by atoms with Crippen LogP contribution in [0.5, 0.6) is 0 Å². The third kappa shape index (κ3) is 3.11. The third-order valence-electron chi connectivity index (χ3n) is 4.32. The van der Waals surface area contributed by atoms with E-state index in [0.29, 0.717) is 5.02 Å². The van der Waals surface area contributed by atoms with Crippen LogP contribution in [0.25, 0.3) is 11.9 Å². The Bertz CT molecular complexity index is 959. The fraction of sp³-hybridized carbons (Fsp3) is 0.158. The van der Waals surface area contributed by atoms with E-state index in [-0.39, 0.29) is 11.4 Å². The summed E-state index contributed by atoms with van der Waals surface area (Å²) in [5.74, 6) is 1.17. The fourth-order valence-electron chi connectivity index (χ4n) is 3.11. The molecule has 0 radical (unpaired) electrons. The summed E-state index contributed by atoms with van der Waals surface area (Å²) < 4.78 is 0. The Morgan fingerprint density at radius 2 is 1.85 bits per heavy atom. The van der Waals surface area contributed by atoms with Gasteiger partial charge in [-0.3, -0.25) is 5.43 Å². The Morgan fingerprint density at radius 3 is 2.58 bits per heavy atom. The van der Waals surface area contributed by atoms with Crippen molar-refractivity contribution in [3.63, 3.8) is 0 Å². The van der Waals surface area contributed by atoms with Crippen LogP contribution in [0.3, 0.4) is 0 Å². The molecule has 26 heavy (non-hydrogen) atoms. The third-order valence-corrected chi connectivity index (χ3v) is 5.16. The number of nitrogens with one attached hydrogen (secondary N) is 1. The maximum absolute atomic E-state index is 10.9. The maximum atomic E-state index is 10.9. The standard InChI is InChI=1S/C19H18ClN3OS.H2O/c1-25-11-10-22-12-13-4-2-3-5-16(13)17-18(22)19(24)23(21-17)15-8-6-14(20)7-9-15;/h2-9,12,21,24H,10-11H2,1H3;1H2. The normalized spacial score (nSPS) is 15.1. The summed E-state index contributed by atoms with van der Waals surface area (Å²) in [5.41, 5.74) is 5.92. The first-order valence-electron chi connectivity index (χ1n) is 8.02. The Hall–Kier alpha value is -2.28. The van der Waals surface area contributed by atoms with Crippen LogP contribution >= 0.6 is 23.4 Å². The molecule has 2 heterocycles. The predicted octanol–water partition coefficient (Wildman–Crippen LogP) is 1.79. The van der Waals surface area contributed by atoms with Gasteiger partial charge in [0.2, 0.25) is 5.88 Å². The number of aliphatic hydroxyl groups is 1. The van der Waals surface area contributed by atoms with E-state index in [4.69, 9.17) is 11.6 Å². The number of nitrogens with zero attached hydrogens (tertiary/aromatic N) is 2. The fourth-order valence-corrected chi connectivity index (χ4v) is 3.61. The number of anilines is 1. The molecule has 0 unspecified atom stereocenters. The van der Waals surface area contributed by atoms with E-state index < -0.39 is 0 Å². The number of benzene rings is 2. The molecule has 5 nitrogen and oxygen atoms in total. The minimum atomic E-state index is 0. The number of aliphatic hydroxyl groups excluding tert-OH is 1. The van der Waals surface area contributed by atoms with Crippen LogP contribution in [0.4, 0.5) is 5.69 Å². The van der Waals surface area contributed by atoms with Gasteiger partial charge in [-0.15, -0.1) is 0 Å². The molecule has 7 heteroatoms. The van der Waals surface area contributed by atoms with Crippen LogP contribution in [0.15, 0.2) is 60.1 Å². The lowest BCUT2D eigenvalue weighted by Gasteiger charge is -2.24. The molecular weight excluding hydrogens is 370 g/mol. The van der Waals surface area contributed by atoms with Gasteiger partial charge in [0.05, 0.1) is 11.4 Å². The second-order valence-electron chi connectivity index (χ2n) is 5.87. The lowest BCUT2D eigenvalue weighted by atomic mass is 10.1. The number of fused-ring (bicyclic) bond motifs is 2. The van der Waals surface area contributed by atoms with Crippen molar-refractivity contribution in [2.45, 2.75) is 0 Å². The molecule has 0 spiro atoms. The van der Waals surface area contributed by atoms with Crippen molar-refractivity contribution in [1.82, 2.24) is 10.3 Å². The summed E-state index contributed by atoms with van der Waals surface area (Å²) in [5, 5.41) is 15.5. The molecule has 0 bridgehead atoms. The second-order valence-corrected chi connectivity index (χ2v) is 7.30. The lowest BCUT2D eigenvalue weighted by molar-refractivity contribution is 0.371. The minimum absolute atomic E-state index is 0. The van der Waals surface area contributed by atoms with E-state index in [9.17, 15) is 5.11 Å². The Kier molecular flexibility index (Phi) is 5.36. The van der Waals surface area contributed by atoms with Gasteiger partial charge < -0.3 is 15.5 Å². The summed E-state index contributed by atoms with van der Waals surface area (Å²) in [4.78, 5) is 2.12. The largest absolute Gasteiger partial charge is 0.492 e. The molecule has 0 atom stereocenters. The van der Waals surface area contributed by atoms with Gasteiger partial charge in [0.15, 0.2) is 0 Å².